The molecule has 2 aromatic heterocycles. The molecule has 0 bridgehead atoms. The number of aromatic nitrogens is 1. The standard InChI is InChI=1S/C21H9F2NO3S/c22-15-8-12-13(9-16(15)23)19(26)14(18(12)25)6-11-7-17-20(27-11)24-21(28-17)10-4-2-1-3-5-10/h1-9H. The smallest absolute Gasteiger partial charge is 0.238 e. The topological polar surface area (TPSA) is 60.2 Å². The highest BCUT2D eigenvalue weighted by atomic mass is 32.1. The minimum absolute atomic E-state index is 0.145. The summed E-state index contributed by atoms with van der Waals surface area (Å²) in [6, 6.07) is 12.8. The van der Waals surface area contributed by atoms with Crippen LogP contribution in [-0.2, 0) is 0 Å². The molecule has 0 saturated heterocycles. The molecule has 2 heterocycles. The maximum Gasteiger partial charge on any atom is 0.238 e. The first-order valence-electron chi connectivity index (χ1n) is 8.27. The molecular formula is C21H9F2NO3S. The van der Waals surface area contributed by atoms with Crippen LogP contribution in [0.4, 0.5) is 8.78 Å². The number of carbonyl (C=O) groups is 2. The minimum Gasteiger partial charge on any atom is -0.437 e. The van der Waals surface area contributed by atoms with Crippen molar-refractivity contribution in [1.82, 2.24) is 4.98 Å². The van der Waals surface area contributed by atoms with E-state index in [1.807, 2.05) is 30.3 Å². The second-order valence-electron chi connectivity index (χ2n) is 6.23. The molecule has 0 saturated carbocycles. The van der Waals surface area contributed by atoms with Crippen molar-refractivity contribution < 1.29 is 22.8 Å². The van der Waals surface area contributed by atoms with Crippen LogP contribution in [0.2, 0.25) is 0 Å². The summed E-state index contributed by atoms with van der Waals surface area (Å²) < 4.78 is 33.2. The van der Waals surface area contributed by atoms with E-state index < -0.39 is 23.2 Å². The zero-order chi connectivity index (χ0) is 19.4. The molecule has 0 N–H and O–H groups in total. The van der Waals surface area contributed by atoms with E-state index in [4.69, 9.17) is 4.42 Å². The van der Waals surface area contributed by atoms with Gasteiger partial charge in [-0.1, -0.05) is 30.3 Å². The van der Waals surface area contributed by atoms with Crippen LogP contribution in [0.25, 0.3) is 27.1 Å². The largest absolute Gasteiger partial charge is 0.437 e. The summed E-state index contributed by atoms with van der Waals surface area (Å²) >= 11 is 1.42. The molecule has 0 atom stereocenters. The summed E-state index contributed by atoms with van der Waals surface area (Å²) in [5.41, 5.74) is 0.869. The number of furan rings is 1. The Morgan fingerprint density at radius 3 is 2.18 bits per heavy atom. The number of thiazole rings is 1. The van der Waals surface area contributed by atoms with E-state index in [0.29, 0.717) is 5.71 Å². The van der Waals surface area contributed by atoms with Gasteiger partial charge in [-0.15, -0.1) is 11.3 Å². The van der Waals surface area contributed by atoms with Crippen molar-refractivity contribution in [2.45, 2.75) is 0 Å². The molecule has 0 amide bonds. The highest BCUT2D eigenvalue weighted by Crippen LogP contribution is 2.34. The van der Waals surface area contributed by atoms with Gasteiger partial charge in [0.05, 0.1) is 10.3 Å². The summed E-state index contributed by atoms with van der Waals surface area (Å²) in [4.78, 5) is 29.3. The fourth-order valence-corrected chi connectivity index (χ4v) is 4.06. The van der Waals surface area contributed by atoms with Gasteiger partial charge in [-0.25, -0.2) is 13.8 Å². The van der Waals surface area contributed by atoms with Crippen molar-refractivity contribution in [3.63, 3.8) is 0 Å². The summed E-state index contributed by atoms with van der Waals surface area (Å²) in [5, 5.41) is 0.792. The molecule has 7 heteroatoms. The third-order valence-corrected chi connectivity index (χ3v) is 5.49. The van der Waals surface area contributed by atoms with Gasteiger partial charge in [-0.2, -0.15) is 0 Å². The molecule has 0 fully saturated rings. The highest BCUT2D eigenvalue weighted by molar-refractivity contribution is 7.21. The van der Waals surface area contributed by atoms with Gasteiger partial charge in [0.15, 0.2) is 23.2 Å². The molecule has 0 aliphatic heterocycles. The van der Waals surface area contributed by atoms with Crippen LogP contribution < -0.4 is 0 Å². The normalized spacial score (nSPS) is 13.4. The Balaban J connectivity index is 1.53. The van der Waals surface area contributed by atoms with Gasteiger partial charge >= 0.3 is 0 Å². The van der Waals surface area contributed by atoms with Gasteiger partial charge < -0.3 is 4.42 Å². The highest BCUT2D eigenvalue weighted by Gasteiger charge is 2.35. The molecule has 136 valence electrons. The molecule has 4 nitrogen and oxygen atoms in total. The third-order valence-electron chi connectivity index (χ3n) is 4.45. The van der Waals surface area contributed by atoms with Gasteiger partial charge in [-0.05, 0) is 18.2 Å². The Morgan fingerprint density at radius 2 is 1.57 bits per heavy atom. The summed E-state index contributed by atoms with van der Waals surface area (Å²) in [5.74, 6) is -3.37. The Hall–Kier alpha value is -3.45. The number of allylic oxidation sites excluding steroid dienone is 1. The maximum atomic E-state index is 13.4. The number of nitrogens with zero attached hydrogens (tertiary/aromatic N) is 1. The van der Waals surface area contributed by atoms with E-state index in [9.17, 15) is 18.4 Å². The molecule has 0 spiro atoms. The number of hydrogen-bond donors (Lipinski definition) is 0. The number of carbonyl (C=O) groups excluding carboxylic acids is 2. The van der Waals surface area contributed by atoms with Crippen molar-refractivity contribution in [2.75, 3.05) is 0 Å². The number of ketones is 2. The summed E-state index contributed by atoms with van der Waals surface area (Å²) in [6.07, 6.45) is 1.29. The zero-order valence-electron chi connectivity index (χ0n) is 14.0. The van der Waals surface area contributed by atoms with Crippen LogP contribution in [0.5, 0.6) is 0 Å². The van der Waals surface area contributed by atoms with Crippen molar-refractivity contribution in [3.05, 3.63) is 82.6 Å². The molecule has 1 aliphatic carbocycles. The van der Waals surface area contributed by atoms with Crippen LogP contribution in [0.1, 0.15) is 26.5 Å². The first-order chi connectivity index (χ1) is 13.5. The summed E-state index contributed by atoms with van der Waals surface area (Å²) in [6.45, 7) is 0. The SMILES string of the molecule is O=C1C(=Cc2cc3sc(-c4ccccc4)nc3o2)C(=O)c2cc(F)c(F)cc21. The molecule has 28 heavy (non-hydrogen) atoms. The van der Waals surface area contributed by atoms with E-state index in [0.717, 1.165) is 27.4 Å². The second-order valence-corrected chi connectivity index (χ2v) is 7.26. The van der Waals surface area contributed by atoms with Crippen molar-refractivity contribution in [3.8, 4) is 10.6 Å². The van der Waals surface area contributed by atoms with Gasteiger partial charge in [0, 0.05) is 22.8 Å². The Kier molecular flexibility index (Phi) is 3.60. The fourth-order valence-electron chi connectivity index (χ4n) is 3.12. The van der Waals surface area contributed by atoms with Crippen molar-refractivity contribution in [1.29, 1.82) is 0 Å². The van der Waals surface area contributed by atoms with E-state index in [1.54, 1.807) is 6.07 Å². The van der Waals surface area contributed by atoms with Crippen molar-refractivity contribution >= 4 is 39.4 Å². The van der Waals surface area contributed by atoms with Crippen LogP contribution in [0.15, 0.2) is 58.5 Å². The van der Waals surface area contributed by atoms with Crippen LogP contribution in [0, 0.1) is 11.6 Å². The lowest BCUT2D eigenvalue weighted by Gasteiger charge is -1.96. The number of rotatable bonds is 2. The number of Topliss-reactive ketones (excluding diaryl/α,β-unsaturated/α-hetero) is 2. The molecule has 1 aliphatic rings. The molecular weight excluding hydrogens is 384 g/mol. The molecule has 0 unspecified atom stereocenters. The van der Waals surface area contributed by atoms with Crippen LogP contribution in [-0.4, -0.2) is 16.6 Å². The van der Waals surface area contributed by atoms with E-state index in [1.165, 1.54) is 17.4 Å². The second kappa shape index (κ2) is 6.03. The number of fused-ring (bicyclic) bond motifs is 2. The van der Waals surface area contributed by atoms with E-state index in [-0.39, 0.29) is 22.5 Å². The average molecular weight is 393 g/mol. The first-order valence-corrected chi connectivity index (χ1v) is 9.09. The quantitative estimate of drug-likeness (QED) is 0.343. The van der Waals surface area contributed by atoms with E-state index >= 15 is 0 Å². The number of hydrogen-bond acceptors (Lipinski definition) is 5. The van der Waals surface area contributed by atoms with Crippen LogP contribution >= 0.6 is 11.3 Å². The minimum atomic E-state index is -1.17. The first kappa shape index (κ1) is 16.7. The third kappa shape index (κ3) is 2.51. The van der Waals surface area contributed by atoms with Crippen LogP contribution in [0.3, 0.4) is 0 Å². The predicted molar refractivity (Wildman–Crippen MR) is 100 cm³/mol. The lowest BCUT2D eigenvalue weighted by molar-refractivity contribution is 0.0990. The Labute approximate surface area is 160 Å². The van der Waals surface area contributed by atoms with E-state index in [2.05, 4.69) is 4.98 Å². The molecule has 5 rings (SSSR count). The molecule has 0 radical (unpaired) electrons. The number of halogens is 2. The lowest BCUT2D eigenvalue weighted by atomic mass is 10.1. The zero-order valence-corrected chi connectivity index (χ0v) is 14.8. The lowest BCUT2D eigenvalue weighted by Crippen LogP contribution is -1.99. The van der Waals surface area contributed by atoms with Gasteiger partial charge in [0.25, 0.3) is 0 Å². The van der Waals surface area contributed by atoms with Gasteiger partial charge in [-0.3, -0.25) is 9.59 Å². The average Bonchev–Trinajstić information content (AvgIpc) is 3.31. The fraction of sp³-hybridized carbons (Fsp3) is 0. The predicted octanol–water partition coefficient (Wildman–Crippen LogP) is 5.30. The Bertz CT molecular complexity index is 1240. The van der Waals surface area contributed by atoms with Gasteiger partial charge in [0.1, 0.15) is 10.8 Å². The molecule has 4 aromatic rings. The Morgan fingerprint density at radius 1 is 0.929 bits per heavy atom. The number of benzene rings is 2. The monoisotopic (exact) mass is 393 g/mol. The van der Waals surface area contributed by atoms with Gasteiger partial charge in [0.2, 0.25) is 5.71 Å². The van der Waals surface area contributed by atoms with Crippen molar-refractivity contribution in [2.24, 2.45) is 0 Å². The maximum absolute atomic E-state index is 13.4. The summed E-state index contributed by atoms with van der Waals surface area (Å²) in [7, 11) is 0. The molecule has 2 aromatic carbocycles.